The van der Waals surface area contributed by atoms with Gasteiger partial charge in [0.05, 0.1) is 17.6 Å². The van der Waals surface area contributed by atoms with Crippen LogP contribution >= 0.6 is 23.2 Å². The van der Waals surface area contributed by atoms with Crippen LogP contribution in [0, 0.1) is 0 Å². The lowest BCUT2D eigenvalue weighted by atomic mass is 10.2. The van der Waals surface area contributed by atoms with Crippen molar-refractivity contribution in [1.82, 2.24) is 14.5 Å². The minimum Gasteiger partial charge on any atom is -0.444 e. The topological polar surface area (TPSA) is 50.6 Å². The van der Waals surface area contributed by atoms with Gasteiger partial charge in [-0.05, 0) is 52.0 Å². The van der Waals surface area contributed by atoms with Crippen LogP contribution < -0.4 is 4.90 Å². The van der Waals surface area contributed by atoms with E-state index >= 15 is 0 Å². The van der Waals surface area contributed by atoms with Crippen molar-refractivity contribution >= 4 is 46.3 Å². The Bertz CT molecular complexity index is 1120. The molecule has 0 radical (unpaired) electrons. The summed E-state index contributed by atoms with van der Waals surface area (Å²) in [7, 11) is 0. The van der Waals surface area contributed by atoms with Crippen molar-refractivity contribution < 1.29 is 9.53 Å². The molecule has 0 bridgehead atoms. The first-order valence-corrected chi connectivity index (χ1v) is 11.5. The largest absolute Gasteiger partial charge is 0.444 e. The Morgan fingerprint density at radius 2 is 1.78 bits per heavy atom. The number of benzene rings is 2. The molecule has 1 aliphatic rings. The zero-order chi connectivity index (χ0) is 23.0. The molecule has 1 aliphatic heterocycles. The zero-order valence-electron chi connectivity index (χ0n) is 18.8. The molecular weight excluding hydrogens is 447 g/mol. The molecule has 1 amide bonds. The Morgan fingerprint density at radius 1 is 1.09 bits per heavy atom. The van der Waals surface area contributed by atoms with E-state index in [4.69, 9.17) is 32.9 Å². The van der Waals surface area contributed by atoms with Crippen molar-refractivity contribution in [2.45, 2.75) is 45.9 Å². The number of piperazine rings is 1. The van der Waals surface area contributed by atoms with Crippen molar-refractivity contribution in [3.63, 3.8) is 0 Å². The summed E-state index contributed by atoms with van der Waals surface area (Å²) in [6.07, 6.45) is -0.277. The molecular formula is C24H28Cl2N4O2. The van der Waals surface area contributed by atoms with Crippen LogP contribution in [-0.4, -0.2) is 51.8 Å². The lowest BCUT2D eigenvalue weighted by molar-refractivity contribution is 0.0158. The van der Waals surface area contributed by atoms with Crippen LogP contribution in [0.5, 0.6) is 0 Å². The summed E-state index contributed by atoms with van der Waals surface area (Å²) in [5, 5.41) is 1.26. The number of ether oxygens (including phenoxy) is 1. The Kier molecular flexibility index (Phi) is 6.28. The molecule has 0 spiro atoms. The van der Waals surface area contributed by atoms with E-state index in [1.807, 2.05) is 64.1 Å². The minimum atomic E-state index is -0.518. The maximum Gasteiger partial charge on any atom is 0.410 e. The molecule has 32 heavy (non-hydrogen) atoms. The Morgan fingerprint density at radius 3 is 2.44 bits per heavy atom. The van der Waals surface area contributed by atoms with Gasteiger partial charge in [-0.2, -0.15) is 0 Å². The molecule has 8 heteroatoms. The molecule has 1 atom stereocenters. The number of amides is 1. The van der Waals surface area contributed by atoms with Crippen LogP contribution in [-0.2, 0) is 11.3 Å². The van der Waals surface area contributed by atoms with E-state index in [0.29, 0.717) is 36.2 Å². The van der Waals surface area contributed by atoms with Crippen LogP contribution in [0.1, 0.15) is 33.3 Å². The normalized spacial score (nSPS) is 17.1. The maximum absolute atomic E-state index is 12.6. The van der Waals surface area contributed by atoms with E-state index in [0.717, 1.165) is 22.5 Å². The van der Waals surface area contributed by atoms with Gasteiger partial charge in [0.15, 0.2) is 0 Å². The van der Waals surface area contributed by atoms with Gasteiger partial charge in [-0.25, -0.2) is 9.78 Å². The Hall–Kier alpha value is -2.44. The average Bonchev–Trinajstić information content (AvgIpc) is 3.08. The first-order valence-electron chi connectivity index (χ1n) is 10.8. The van der Waals surface area contributed by atoms with Crippen LogP contribution in [0.25, 0.3) is 11.0 Å². The highest BCUT2D eigenvalue weighted by Gasteiger charge is 2.32. The number of aromatic nitrogens is 2. The maximum atomic E-state index is 12.6. The fourth-order valence-corrected chi connectivity index (χ4v) is 4.55. The van der Waals surface area contributed by atoms with Gasteiger partial charge in [0.1, 0.15) is 5.60 Å². The van der Waals surface area contributed by atoms with Gasteiger partial charge in [0.25, 0.3) is 0 Å². The highest BCUT2D eigenvalue weighted by atomic mass is 35.5. The molecule has 4 rings (SSSR count). The quantitative estimate of drug-likeness (QED) is 0.478. The van der Waals surface area contributed by atoms with E-state index in [1.165, 1.54) is 0 Å². The van der Waals surface area contributed by atoms with Crippen molar-refractivity contribution in [2.24, 2.45) is 0 Å². The number of rotatable bonds is 3. The molecule has 0 N–H and O–H groups in total. The van der Waals surface area contributed by atoms with Crippen LogP contribution in [0.4, 0.5) is 10.7 Å². The predicted molar refractivity (Wildman–Crippen MR) is 130 cm³/mol. The van der Waals surface area contributed by atoms with E-state index in [9.17, 15) is 4.79 Å². The highest BCUT2D eigenvalue weighted by molar-refractivity contribution is 6.36. The van der Waals surface area contributed by atoms with Gasteiger partial charge in [-0.3, -0.25) is 0 Å². The number of nitrogens with zero attached hydrogens (tertiary/aromatic N) is 4. The first kappa shape index (κ1) is 22.7. The third-order valence-corrected chi connectivity index (χ3v) is 6.26. The molecule has 170 valence electrons. The molecule has 0 aliphatic carbocycles. The van der Waals surface area contributed by atoms with Crippen molar-refractivity contribution in [3.05, 3.63) is 58.1 Å². The lowest BCUT2D eigenvalue weighted by Gasteiger charge is -2.40. The molecule has 0 saturated carbocycles. The highest BCUT2D eigenvalue weighted by Crippen LogP contribution is 2.31. The summed E-state index contributed by atoms with van der Waals surface area (Å²) < 4.78 is 7.74. The van der Waals surface area contributed by atoms with Gasteiger partial charge >= 0.3 is 6.09 Å². The van der Waals surface area contributed by atoms with Gasteiger partial charge in [-0.15, -0.1) is 0 Å². The van der Waals surface area contributed by atoms with Crippen LogP contribution in [0.15, 0.2) is 42.5 Å². The molecule has 3 aromatic rings. The third kappa shape index (κ3) is 4.66. The number of carbonyl (C=O) groups excluding carboxylic acids is 1. The summed E-state index contributed by atoms with van der Waals surface area (Å²) in [6.45, 7) is 10.1. The van der Waals surface area contributed by atoms with E-state index in [2.05, 4.69) is 15.5 Å². The van der Waals surface area contributed by atoms with Crippen LogP contribution in [0.2, 0.25) is 10.0 Å². The number of hydrogen-bond acceptors (Lipinski definition) is 4. The molecule has 1 aromatic heterocycles. The second kappa shape index (κ2) is 8.83. The molecule has 1 saturated heterocycles. The summed E-state index contributed by atoms with van der Waals surface area (Å²) in [5.41, 5.74) is 2.27. The van der Waals surface area contributed by atoms with Crippen molar-refractivity contribution in [1.29, 1.82) is 0 Å². The molecule has 6 nitrogen and oxygen atoms in total. The van der Waals surface area contributed by atoms with Gasteiger partial charge in [0, 0.05) is 41.3 Å². The monoisotopic (exact) mass is 474 g/mol. The summed E-state index contributed by atoms with van der Waals surface area (Å²) in [4.78, 5) is 21.6. The number of carbonyl (C=O) groups is 1. The molecule has 2 heterocycles. The van der Waals surface area contributed by atoms with E-state index < -0.39 is 5.60 Å². The number of halogens is 2. The second-order valence-corrected chi connectivity index (χ2v) is 9.97. The van der Waals surface area contributed by atoms with Crippen molar-refractivity contribution in [3.8, 4) is 0 Å². The Balaban J connectivity index is 1.64. The van der Waals surface area contributed by atoms with Gasteiger partial charge in [0.2, 0.25) is 5.95 Å². The summed E-state index contributed by atoms with van der Waals surface area (Å²) >= 11 is 13.0. The predicted octanol–water partition coefficient (Wildman–Crippen LogP) is 5.84. The number of imidazole rings is 1. The fraction of sp³-hybridized carbons (Fsp3) is 0.417. The molecule has 2 aromatic carbocycles. The second-order valence-electron chi connectivity index (χ2n) is 9.16. The average molecular weight is 475 g/mol. The Labute approximate surface area is 198 Å². The standard InChI is InChI=1S/C24H28Cl2N4O2/c1-16-14-28(12-13-29(16)23(31)32-24(2,3)4)22-27-20-10-5-6-11-21(20)30(22)15-17-18(25)8-7-9-19(17)26/h5-11,16H,12-15H2,1-4H3. The first-order chi connectivity index (χ1) is 15.1. The van der Waals surface area contributed by atoms with Gasteiger partial charge < -0.3 is 19.1 Å². The van der Waals surface area contributed by atoms with E-state index in [-0.39, 0.29) is 12.1 Å². The molecule has 1 unspecified atom stereocenters. The number of anilines is 1. The minimum absolute atomic E-state index is 0.0178. The number of para-hydroxylation sites is 2. The van der Waals surface area contributed by atoms with E-state index in [1.54, 1.807) is 4.90 Å². The fourth-order valence-electron chi connectivity index (χ4n) is 4.03. The van der Waals surface area contributed by atoms with Gasteiger partial charge in [-0.1, -0.05) is 41.4 Å². The number of fused-ring (bicyclic) bond motifs is 1. The zero-order valence-corrected chi connectivity index (χ0v) is 20.3. The number of hydrogen-bond donors (Lipinski definition) is 0. The van der Waals surface area contributed by atoms with Crippen molar-refractivity contribution in [2.75, 3.05) is 24.5 Å². The lowest BCUT2D eigenvalue weighted by Crippen LogP contribution is -2.55. The smallest absolute Gasteiger partial charge is 0.410 e. The SMILES string of the molecule is CC1CN(c2nc3ccccc3n2Cc2c(Cl)cccc2Cl)CCN1C(=O)OC(C)(C)C. The van der Waals surface area contributed by atoms with Crippen LogP contribution in [0.3, 0.4) is 0 Å². The third-order valence-electron chi connectivity index (χ3n) is 5.55. The molecule has 1 fully saturated rings. The summed E-state index contributed by atoms with van der Waals surface area (Å²) in [5.74, 6) is 0.845. The summed E-state index contributed by atoms with van der Waals surface area (Å²) in [6, 6.07) is 13.6.